The zero-order valence-corrected chi connectivity index (χ0v) is 23.3. The molecule has 0 aliphatic carbocycles. The summed E-state index contributed by atoms with van der Waals surface area (Å²) in [4.78, 5) is 15.5. The van der Waals surface area contributed by atoms with Crippen molar-refractivity contribution in [3.63, 3.8) is 0 Å². The van der Waals surface area contributed by atoms with E-state index < -0.39 is 0 Å². The van der Waals surface area contributed by atoms with Gasteiger partial charge in [-0.15, -0.1) is 0 Å². The van der Waals surface area contributed by atoms with E-state index in [0.29, 0.717) is 0 Å². The van der Waals surface area contributed by atoms with Gasteiger partial charge in [-0.25, -0.2) is 0 Å². The first-order valence-corrected chi connectivity index (χ1v) is 12.9. The number of Topliss-reactive ketones (excluding diaryl/α,β-unsaturated/α-hetero) is 1. The summed E-state index contributed by atoms with van der Waals surface area (Å²) in [5.41, 5.74) is 8.14. The van der Waals surface area contributed by atoms with E-state index in [1.165, 1.54) is 24.8 Å². The van der Waals surface area contributed by atoms with Crippen LogP contribution in [-0.2, 0) is 0 Å². The van der Waals surface area contributed by atoms with E-state index in [9.17, 15) is 4.79 Å². The van der Waals surface area contributed by atoms with Crippen molar-refractivity contribution in [3.05, 3.63) is 59.7 Å². The van der Waals surface area contributed by atoms with E-state index in [4.69, 9.17) is 15.2 Å². The Morgan fingerprint density at radius 3 is 1.51 bits per heavy atom. The topological polar surface area (TPSA) is 73.9 Å². The van der Waals surface area contributed by atoms with E-state index in [2.05, 4.69) is 37.9 Å². The fourth-order valence-electron chi connectivity index (χ4n) is 2.79. The molecule has 0 saturated carbocycles. The summed E-state index contributed by atoms with van der Waals surface area (Å²) in [7, 11) is 0. The number of rotatable bonds is 11. The predicted molar refractivity (Wildman–Crippen MR) is 150 cm³/mol. The van der Waals surface area contributed by atoms with Crippen LogP contribution in [0.3, 0.4) is 0 Å². The summed E-state index contributed by atoms with van der Waals surface area (Å²) in [6, 6.07) is 15.3. The van der Waals surface area contributed by atoms with Gasteiger partial charge in [0.05, 0.1) is 12.2 Å². The van der Waals surface area contributed by atoms with Gasteiger partial charge in [0.15, 0.2) is 5.78 Å². The van der Waals surface area contributed by atoms with Gasteiger partial charge in [0, 0.05) is 17.8 Å². The van der Waals surface area contributed by atoms with E-state index in [0.717, 1.165) is 42.3 Å². The van der Waals surface area contributed by atoms with Gasteiger partial charge in [-0.1, -0.05) is 26.7 Å². The first-order chi connectivity index (χ1) is 16.6. The maximum absolute atomic E-state index is 10.9. The Kier molecular flexibility index (Phi) is 18.1. The molecule has 0 bridgehead atoms. The normalized spacial score (nSPS) is 10.8. The molecule has 5 heteroatoms. The Hall–Kier alpha value is -2.66. The molecular weight excluding hydrogens is 436 g/mol. The van der Waals surface area contributed by atoms with Crippen LogP contribution in [-0.4, -0.2) is 36.8 Å². The van der Waals surface area contributed by atoms with Crippen LogP contribution >= 0.6 is 0 Å². The van der Waals surface area contributed by atoms with Gasteiger partial charge in [-0.05, 0) is 115 Å². The lowest BCUT2D eigenvalue weighted by atomic mass is 10.1. The van der Waals surface area contributed by atoms with Crippen LogP contribution in [0.15, 0.2) is 53.5 Å². The van der Waals surface area contributed by atoms with Gasteiger partial charge >= 0.3 is 0 Å². The van der Waals surface area contributed by atoms with Crippen LogP contribution in [0.25, 0.3) is 0 Å². The SMILES string of the molecule is CC(=O)c1ccc(OC(C)C)cc1.CCCCN.CCCCN=C(C)c1ccc(OC(C)C)cc1. The number of aliphatic imine (C=N–C) groups is 1. The number of hydrogen-bond acceptors (Lipinski definition) is 5. The summed E-state index contributed by atoms with van der Waals surface area (Å²) in [5.74, 6) is 1.81. The molecule has 0 unspecified atom stereocenters. The van der Waals surface area contributed by atoms with Crippen molar-refractivity contribution in [2.75, 3.05) is 13.1 Å². The Balaban J connectivity index is 0.000000567. The lowest BCUT2D eigenvalue weighted by molar-refractivity contribution is 0.101. The molecule has 2 aromatic carbocycles. The van der Waals surface area contributed by atoms with Crippen LogP contribution < -0.4 is 15.2 Å². The maximum atomic E-state index is 10.9. The number of carbonyl (C=O) groups excluding carboxylic acids is 1. The zero-order valence-electron chi connectivity index (χ0n) is 23.3. The molecule has 0 saturated heterocycles. The molecule has 0 radical (unpaired) electrons. The monoisotopic (exact) mass is 484 g/mol. The minimum absolute atomic E-state index is 0.0797. The molecule has 0 fully saturated rings. The van der Waals surface area contributed by atoms with Crippen molar-refractivity contribution in [2.45, 2.75) is 93.3 Å². The molecule has 0 aromatic heterocycles. The highest BCUT2D eigenvalue weighted by atomic mass is 16.5. The average Bonchev–Trinajstić information content (AvgIpc) is 2.80. The molecule has 5 nitrogen and oxygen atoms in total. The maximum Gasteiger partial charge on any atom is 0.159 e. The van der Waals surface area contributed by atoms with Gasteiger partial charge < -0.3 is 15.2 Å². The molecule has 2 N–H and O–H groups in total. The Morgan fingerprint density at radius 1 is 0.771 bits per heavy atom. The van der Waals surface area contributed by atoms with Crippen molar-refractivity contribution in [1.29, 1.82) is 0 Å². The number of hydrogen-bond donors (Lipinski definition) is 1. The number of unbranched alkanes of at least 4 members (excludes halogenated alkanes) is 2. The smallest absolute Gasteiger partial charge is 0.159 e. The van der Waals surface area contributed by atoms with Gasteiger partial charge in [0.2, 0.25) is 0 Å². The zero-order chi connectivity index (χ0) is 26.6. The van der Waals surface area contributed by atoms with E-state index in [-0.39, 0.29) is 18.0 Å². The quantitative estimate of drug-likeness (QED) is 0.203. The lowest BCUT2D eigenvalue weighted by Gasteiger charge is -2.10. The Bertz CT molecular complexity index is 824. The standard InChI is InChI=1S/C15H23NO.C11H14O2.C4H11N/c1-5-6-11-16-13(4)14-7-9-15(10-8-14)17-12(2)3;1-8(2)13-11-6-4-10(5-7-11)9(3)12;1-2-3-4-5/h7-10,12H,5-6,11H2,1-4H3;4-8H,1-3H3;2-5H2,1H3. The number of ether oxygens (including phenoxy) is 2. The number of nitrogens with two attached hydrogens (primary N) is 1. The summed E-state index contributed by atoms with van der Waals surface area (Å²) in [5, 5.41) is 0. The first kappa shape index (κ1) is 32.3. The predicted octanol–water partition coefficient (Wildman–Crippen LogP) is 7.50. The second-order valence-electron chi connectivity index (χ2n) is 8.90. The van der Waals surface area contributed by atoms with Crippen molar-refractivity contribution >= 4 is 11.5 Å². The molecule has 0 spiro atoms. The van der Waals surface area contributed by atoms with Crippen LogP contribution in [0, 0.1) is 0 Å². The highest BCUT2D eigenvalue weighted by molar-refractivity contribution is 5.98. The van der Waals surface area contributed by atoms with Crippen molar-refractivity contribution in [1.82, 2.24) is 0 Å². The Morgan fingerprint density at radius 2 is 1.20 bits per heavy atom. The molecule has 2 aromatic rings. The molecule has 0 aliphatic heterocycles. The molecule has 2 rings (SSSR count). The second-order valence-corrected chi connectivity index (χ2v) is 8.90. The van der Waals surface area contributed by atoms with Crippen molar-refractivity contribution < 1.29 is 14.3 Å². The highest BCUT2D eigenvalue weighted by Crippen LogP contribution is 2.15. The molecule has 0 atom stereocenters. The van der Waals surface area contributed by atoms with Gasteiger partial charge in [0.1, 0.15) is 11.5 Å². The summed E-state index contributed by atoms with van der Waals surface area (Å²) in [6.45, 7) is 17.7. The minimum atomic E-state index is 0.0797. The fraction of sp³-hybridized carbons (Fsp3) is 0.533. The first-order valence-electron chi connectivity index (χ1n) is 12.9. The third kappa shape index (κ3) is 16.6. The molecule has 196 valence electrons. The van der Waals surface area contributed by atoms with Crippen LogP contribution in [0.2, 0.25) is 0 Å². The molecular formula is C30H48N2O3. The van der Waals surface area contributed by atoms with Crippen LogP contribution in [0.4, 0.5) is 0 Å². The van der Waals surface area contributed by atoms with Crippen LogP contribution in [0.1, 0.15) is 97.0 Å². The number of benzene rings is 2. The average molecular weight is 485 g/mol. The van der Waals surface area contributed by atoms with Crippen molar-refractivity contribution in [3.8, 4) is 11.5 Å². The number of ketones is 1. The molecule has 0 heterocycles. The Labute approximate surface area is 214 Å². The van der Waals surface area contributed by atoms with Gasteiger partial charge in [-0.3, -0.25) is 9.79 Å². The molecule has 0 aliphatic rings. The van der Waals surface area contributed by atoms with E-state index in [1.54, 1.807) is 19.1 Å². The summed E-state index contributed by atoms with van der Waals surface area (Å²) >= 11 is 0. The highest BCUT2D eigenvalue weighted by Gasteiger charge is 2.01. The van der Waals surface area contributed by atoms with E-state index in [1.807, 2.05) is 52.0 Å². The van der Waals surface area contributed by atoms with Gasteiger partial charge in [-0.2, -0.15) is 0 Å². The second kappa shape index (κ2) is 19.6. The molecule has 35 heavy (non-hydrogen) atoms. The summed E-state index contributed by atoms with van der Waals surface area (Å²) in [6.07, 6.45) is 5.13. The third-order valence-electron chi connectivity index (χ3n) is 4.69. The van der Waals surface area contributed by atoms with E-state index >= 15 is 0 Å². The van der Waals surface area contributed by atoms with Gasteiger partial charge in [0.25, 0.3) is 0 Å². The lowest BCUT2D eigenvalue weighted by Crippen LogP contribution is -2.05. The molecule has 0 amide bonds. The number of carbonyl (C=O) groups is 1. The fourth-order valence-corrected chi connectivity index (χ4v) is 2.79. The van der Waals surface area contributed by atoms with Crippen molar-refractivity contribution in [2.24, 2.45) is 10.7 Å². The minimum Gasteiger partial charge on any atom is -0.491 e. The number of nitrogens with zero attached hydrogens (tertiary/aromatic N) is 1. The largest absolute Gasteiger partial charge is 0.491 e. The third-order valence-corrected chi connectivity index (χ3v) is 4.69. The van der Waals surface area contributed by atoms with Crippen LogP contribution in [0.5, 0.6) is 11.5 Å². The summed E-state index contributed by atoms with van der Waals surface area (Å²) < 4.78 is 11.0.